The molecule has 0 radical (unpaired) electrons. The summed E-state index contributed by atoms with van der Waals surface area (Å²) >= 11 is 0. The van der Waals surface area contributed by atoms with Crippen LogP contribution in [0.4, 0.5) is 0 Å². The van der Waals surface area contributed by atoms with Crippen LogP contribution in [0.1, 0.15) is 32.1 Å². The lowest BCUT2D eigenvalue weighted by Crippen LogP contribution is -2.57. The van der Waals surface area contributed by atoms with Crippen molar-refractivity contribution in [2.24, 2.45) is 11.3 Å². The fourth-order valence-corrected chi connectivity index (χ4v) is 3.72. The number of fused-ring (bicyclic) bond motifs is 1. The van der Waals surface area contributed by atoms with Crippen molar-refractivity contribution in [3.63, 3.8) is 0 Å². The highest BCUT2D eigenvalue weighted by molar-refractivity contribution is 4.96. The second-order valence-electron chi connectivity index (χ2n) is 6.84. The van der Waals surface area contributed by atoms with Crippen LogP contribution in [-0.4, -0.2) is 64.2 Å². The molecule has 0 amide bonds. The molecule has 116 valence electrons. The summed E-state index contributed by atoms with van der Waals surface area (Å²) < 4.78 is 17.4. The van der Waals surface area contributed by atoms with Gasteiger partial charge in [0.15, 0.2) is 0 Å². The fourth-order valence-electron chi connectivity index (χ4n) is 3.72. The Kier molecular flexibility index (Phi) is 4.97. The van der Waals surface area contributed by atoms with E-state index in [2.05, 4.69) is 4.90 Å². The third-order valence-electron chi connectivity index (χ3n) is 5.12. The highest BCUT2D eigenvalue weighted by Crippen LogP contribution is 2.41. The number of hydrogen-bond acceptors (Lipinski definition) is 4. The van der Waals surface area contributed by atoms with Crippen LogP contribution in [0.3, 0.4) is 0 Å². The van der Waals surface area contributed by atoms with E-state index in [1.807, 2.05) is 0 Å². The van der Waals surface area contributed by atoms with Gasteiger partial charge in [0.2, 0.25) is 0 Å². The fraction of sp³-hybridized carbons (Fsp3) is 1.00. The summed E-state index contributed by atoms with van der Waals surface area (Å²) in [6, 6.07) is 0. The van der Waals surface area contributed by atoms with Crippen LogP contribution >= 0.6 is 0 Å². The largest absolute Gasteiger partial charge is 0.383 e. The average molecular weight is 283 g/mol. The minimum atomic E-state index is 0.235. The van der Waals surface area contributed by atoms with Crippen LogP contribution in [0.2, 0.25) is 0 Å². The van der Waals surface area contributed by atoms with Crippen molar-refractivity contribution in [3.8, 4) is 0 Å². The van der Waals surface area contributed by atoms with Crippen LogP contribution in [0, 0.1) is 11.3 Å². The van der Waals surface area contributed by atoms with Gasteiger partial charge in [0.1, 0.15) is 0 Å². The number of rotatable bonds is 7. The second-order valence-corrected chi connectivity index (χ2v) is 6.84. The summed E-state index contributed by atoms with van der Waals surface area (Å²) in [6.45, 7) is 6.90. The molecule has 2 aliphatic heterocycles. The van der Waals surface area contributed by atoms with E-state index in [0.29, 0.717) is 6.10 Å². The smallest absolute Gasteiger partial charge is 0.0677 e. The number of hydrogen-bond donors (Lipinski definition) is 0. The van der Waals surface area contributed by atoms with E-state index in [-0.39, 0.29) is 5.41 Å². The Bertz CT molecular complexity index is 308. The third-order valence-corrected chi connectivity index (χ3v) is 5.12. The van der Waals surface area contributed by atoms with Gasteiger partial charge < -0.3 is 19.1 Å². The summed E-state index contributed by atoms with van der Waals surface area (Å²) in [5, 5.41) is 0. The zero-order chi connectivity index (χ0) is 13.8. The molecule has 20 heavy (non-hydrogen) atoms. The molecule has 3 rings (SSSR count). The molecule has 4 nitrogen and oxygen atoms in total. The Hall–Kier alpha value is -0.160. The summed E-state index contributed by atoms with van der Waals surface area (Å²) in [7, 11) is 1.78. The number of methoxy groups -OCH3 is 1. The minimum Gasteiger partial charge on any atom is -0.383 e. The molecule has 0 aromatic heterocycles. The normalized spacial score (nSPS) is 35.0. The maximum atomic E-state index is 6.07. The monoisotopic (exact) mass is 283 g/mol. The summed E-state index contributed by atoms with van der Waals surface area (Å²) in [5.74, 6) is 0.850. The lowest BCUT2D eigenvalue weighted by atomic mass is 9.73. The van der Waals surface area contributed by atoms with Crippen molar-refractivity contribution in [1.29, 1.82) is 0 Å². The van der Waals surface area contributed by atoms with Crippen molar-refractivity contribution >= 4 is 0 Å². The maximum Gasteiger partial charge on any atom is 0.0677 e. The van der Waals surface area contributed by atoms with Crippen LogP contribution in [-0.2, 0) is 14.2 Å². The molecule has 1 aliphatic carbocycles. The van der Waals surface area contributed by atoms with Gasteiger partial charge in [0, 0.05) is 45.4 Å². The van der Waals surface area contributed by atoms with Gasteiger partial charge in [-0.25, -0.2) is 0 Å². The zero-order valence-corrected chi connectivity index (χ0v) is 12.8. The molecule has 2 heterocycles. The highest BCUT2D eigenvalue weighted by Gasteiger charge is 2.46. The van der Waals surface area contributed by atoms with Crippen LogP contribution in [0.25, 0.3) is 0 Å². The first-order chi connectivity index (χ1) is 9.82. The maximum absolute atomic E-state index is 6.07. The highest BCUT2D eigenvalue weighted by atomic mass is 16.5. The SMILES string of the molecule is COCCN1CC[C@H]2OCCC[C@]2(COCC2CC2)C1. The van der Waals surface area contributed by atoms with Gasteiger partial charge in [-0.2, -0.15) is 0 Å². The molecule has 1 saturated carbocycles. The first-order valence-corrected chi connectivity index (χ1v) is 8.23. The molecule has 0 bridgehead atoms. The van der Waals surface area contributed by atoms with Gasteiger partial charge in [-0.15, -0.1) is 0 Å². The van der Waals surface area contributed by atoms with Crippen molar-refractivity contribution in [3.05, 3.63) is 0 Å². The first kappa shape index (κ1) is 14.8. The summed E-state index contributed by atoms with van der Waals surface area (Å²) in [6.07, 6.45) is 6.73. The third kappa shape index (κ3) is 3.53. The Morgan fingerprint density at radius 2 is 2.20 bits per heavy atom. The molecular formula is C16H29NO3. The van der Waals surface area contributed by atoms with Gasteiger partial charge in [0.05, 0.1) is 19.3 Å². The molecule has 2 saturated heterocycles. The first-order valence-electron chi connectivity index (χ1n) is 8.23. The standard InChI is InChI=1S/C16H29NO3/c1-18-10-8-17-7-5-15-16(12-17,6-2-9-20-15)13-19-11-14-3-4-14/h14-15H,2-13H2,1H3/t15-,16-/m1/s1. The predicted molar refractivity (Wildman–Crippen MR) is 77.9 cm³/mol. The number of likely N-dealkylation sites (tertiary alicyclic amines) is 1. The minimum absolute atomic E-state index is 0.235. The van der Waals surface area contributed by atoms with Crippen molar-refractivity contribution < 1.29 is 14.2 Å². The Balaban J connectivity index is 1.57. The average Bonchev–Trinajstić information content (AvgIpc) is 3.29. The Morgan fingerprint density at radius 3 is 3.00 bits per heavy atom. The molecule has 4 heteroatoms. The van der Waals surface area contributed by atoms with E-state index in [0.717, 1.165) is 58.4 Å². The summed E-state index contributed by atoms with van der Waals surface area (Å²) in [4.78, 5) is 2.54. The van der Waals surface area contributed by atoms with Crippen LogP contribution in [0.5, 0.6) is 0 Å². The Morgan fingerprint density at radius 1 is 1.30 bits per heavy atom. The lowest BCUT2D eigenvalue weighted by Gasteiger charge is -2.50. The molecule has 0 aromatic carbocycles. The van der Waals surface area contributed by atoms with Gasteiger partial charge in [-0.05, 0) is 38.0 Å². The van der Waals surface area contributed by atoms with E-state index in [1.54, 1.807) is 7.11 Å². The molecule has 0 aromatic rings. The van der Waals surface area contributed by atoms with Crippen molar-refractivity contribution in [2.45, 2.75) is 38.2 Å². The van der Waals surface area contributed by atoms with Gasteiger partial charge in [-0.3, -0.25) is 0 Å². The van der Waals surface area contributed by atoms with Crippen molar-refractivity contribution in [1.82, 2.24) is 4.90 Å². The molecular weight excluding hydrogens is 254 g/mol. The second kappa shape index (κ2) is 6.73. The summed E-state index contributed by atoms with van der Waals surface area (Å²) in [5.41, 5.74) is 0.235. The molecule has 0 N–H and O–H groups in total. The topological polar surface area (TPSA) is 30.9 Å². The van der Waals surface area contributed by atoms with Crippen molar-refractivity contribution in [2.75, 3.05) is 53.2 Å². The van der Waals surface area contributed by atoms with E-state index >= 15 is 0 Å². The number of ether oxygens (including phenoxy) is 3. The van der Waals surface area contributed by atoms with Gasteiger partial charge >= 0.3 is 0 Å². The zero-order valence-electron chi connectivity index (χ0n) is 12.8. The lowest BCUT2D eigenvalue weighted by molar-refractivity contribution is -0.154. The van der Waals surface area contributed by atoms with Crippen LogP contribution in [0.15, 0.2) is 0 Å². The van der Waals surface area contributed by atoms with E-state index in [4.69, 9.17) is 14.2 Å². The molecule has 0 spiro atoms. The molecule has 3 fully saturated rings. The molecule has 0 unspecified atom stereocenters. The van der Waals surface area contributed by atoms with Gasteiger partial charge in [0.25, 0.3) is 0 Å². The van der Waals surface area contributed by atoms with E-state index in [1.165, 1.54) is 25.7 Å². The number of nitrogens with zero attached hydrogens (tertiary/aromatic N) is 1. The molecule has 3 aliphatic rings. The van der Waals surface area contributed by atoms with E-state index in [9.17, 15) is 0 Å². The van der Waals surface area contributed by atoms with Gasteiger partial charge in [-0.1, -0.05) is 0 Å². The number of piperidine rings is 1. The molecule has 2 atom stereocenters. The van der Waals surface area contributed by atoms with E-state index < -0.39 is 0 Å². The Labute approximate surface area is 122 Å². The predicted octanol–water partition coefficient (Wildman–Crippen LogP) is 1.93. The quantitative estimate of drug-likeness (QED) is 0.714. The van der Waals surface area contributed by atoms with Crippen LogP contribution < -0.4 is 0 Å².